The summed E-state index contributed by atoms with van der Waals surface area (Å²) in [6.45, 7) is 11.4. The smallest absolute Gasteiger partial charge is 0.355 e. The number of hydrogen-bond acceptors (Lipinski definition) is 6. The summed E-state index contributed by atoms with van der Waals surface area (Å²) < 4.78 is 17.7. The molecule has 0 fully saturated rings. The van der Waals surface area contributed by atoms with E-state index < -0.39 is 23.6 Å². The van der Waals surface area contributed by atoms with Crippen LogP contribution >= 0.6 is 15.9 Å². The summed E-state index contributed by atoms with van der Waals surface area (Å²) in [5, 5.41) is 9.76. The van der Waals surface area contributed by atoms with Gasteiger partial charge in [-0.1, -0.05) is 6.07 Å². The van der Waals surface area contributed by atoms with E-state index in [1.165, 1.54) is 0 Å². The number of hydrogen-bond donors (Lipinski definition) is 1. The molecule has 1 atom stereocenters. The molecule has 0 spiro atoms. The lowest BCUT2D eigenvalue weighted by atomic mass is 9.91. The zero-order valence-corrected chi connectivity index (χ0v) is 21.4. The van der Waals surface area contributed by atoms with E-state index >= 15 is 0 Å². The highest BCUT2D eigenvalue weighted by molar-refractivity contribution is 9.10. The van der Waals surface area contributed by atoms with Gasteiger partial charge in [0.1, 0.15) is 5.75 Å². The number of carbonyl (C=O) groups is 2. The summed E-state index contributed by atoms with van der Waals surface area (Å²) in [6.07, 6.45) is 0.309. The van der Waals surface area contributed by atoms with Crippen molar-refractivity contribution in [2.45, 2.75) is 72.2 Å². The molecule has 1 aromatic heterocycles. The molecule has 1 aromatic carbocycles. The van der Waals surface area contributed by atoms with E-state index in [4.69, 9.17) is 14.2 Å². The van der Waals surface area contributed by atoms with E-state index in [-0.39, 0.29) is 16.3 Å². The average Bonchev–Trinajstić information content (AvgIpc) is 2.71. The van der Waals surface area contributed by atoms with Crippen LogP contribution in [0.5, 0.6) is 5.75 Å². The van der Waals surface area contributed by atoms with Gasteiger partial charge < -0.3 is 19.3 Å². The zero-order chi connectivity index (χ0) is 24.5. The SMILES string of the molecule is Cc1nc(C(=O)O)c(Br)c(-c2ccc3c(c2)CCCO3)c1C(OC(C)(C)C)C(=O)OC(C)C. The van der Waals surface area contributed by atoms with Gasteiger partial charge >= 0.3 is 11.9 Å². The second-order valence-electron chi connectivity index (χ2n) is 9.32. The van der Waals surface area contributed by atoms with Crippen LogP contribution in [-0.2, 0) is 20.7 Å². The first-order chi connectivity index (χ1) is 15.4. The highest BCUT2D eigenvalue weighted by Gasteiger charge is 2.35. The zero-order valence-electron chi connectivity index (χ0n) is 19.8. The molecule has 0 aliphatic carbocycles. The van der Waals surface area contributed by atoms with Crippen LogP contribution in [0.3, 0.4) is 0 Å². The van der Waals surface area contributed by atoms with E-state index in [0.29, 0.717) is 23.4 Å². The lowest BCUT2D eigenvalue weighted by molar-refractivity contribution is -0.171. The van der Waals surface area contributed by atoms with Crippen molar-refractivity contribution in [1.29, 1.82) is 0 Å². The second kappa shape index (κ2) is 9.81. The Kier molecular flexibility index (Phi) is 7.49. The lowest BCUT2D eigenvalue weighted by Gasteiger charge is -2.30. The van der Waals surface area contributed by atoms with E-state index in [1.807, 2.05) is 39.0 Å². The number of nitrogens with zero attached hydrogens (tertiary/aromatic N) is 1. The minimum atomic E-state index is -1.17. The van der Waals surface area contributed by atoms with Gasteiger partial charge in [0, 0.05) is 16.8 Å². The van der Waals surface area contributed by atoms with Gasteiger partial charge in [0.2, 0.25) is 0 Å². The molecule has 1 aliphatic rings. The molecule has 0 bridgehead atoms. The number of carboxylic acid groups (broad SMARTS) is 1. The molecule has 33 heavy (non-hydrogen) atoms. The molecule has 2 aromatic rings. The van der Waals surface area contributed by atoms with Crippen molar-refractivity contribution < 1.29 is 28.9 Å². The molecule has 0 saturated heterocycles. The van der Waals surface area contributed by atoms with Gasteiger partial charge in [-0.2, -0.15) is 0 Å². The van der Waals surface area contributed by atoms with Crippen LogP contribution in [0.2, 0.25) is 0 Å². The molecular formula is C25H30BrNO6. The maximum Gasteiger partial charge on any atom is 0.355 e. The largest absolute Gasteiger partial charge is 0.493 e. The van der Waals surface area contributed by atoms with E-state index in [9.17, 15) is 14.7 Å². The summed E-state index contributed by atoms with van der Waals surface area (Å²) in [5.74, 6) is -0.909. The van der Waals surface area contributed by atoms with Crippen LogP contribution in [0.4, 0.5) is 0 Å². The van der Waals surface area contributed by atoms with Gasteiger partial charge in [-0.15, -0.1) is 0 Å². The molecule has 178 valence electrons. The third-order valence-electron chi connectivity index (χ3n) is 5.07. The fourth-order valence-corrected chi connectivity index (χ4v) is 4.53. The first-order valence-electron chi connectivity index (χ1n) is 11.0. The predicted octanol–water partition coefficient (Wildman–Crippen LogP) is 5.65. The minimum absolute atomic E-state index is 0.132. The number of halogens is 1. The number of aryl methyl sites for hydroxylation is 2. The number of ether oxygens (including phenoxy) is 3. The first kappa shape index (κ1) is 25.2. The Morgan fingerprint density at radius 2 is 1.94 bits per heavy atom. The van der Waals surface area contributed by atoms with Crippen molar-refractivity contribution in [3.8, 4) is 16.9 Å². The monoisotopic (exact) mass is 519 g/mol. The van der Waals surface area contributed by atoms with Crippen LogP contribution in [0.15, 0.2) is 22.7 Å². The Balaban J connectivity index is 2.30. The molecule has 0 amide bonds. The molecule has 0 saturated carbocycles. The van der Waals surface area contributed by atoms with Crippen LogP contribution in [-0.4, -0.2) is 40.3 Å². The molecule has 1 aliphatic heterocycles. The molecular weight excluding hydrogens is 490 g/mol. The quantitative estimate of drug-likeness (QED) is 0.492. The van der Waals surface area contributed by atoms with E-state index in [1.54, 1.807) is 20.8 Å². The fourth-order valence-electron chi connectivity index (χ4n) is 3.83. The van der Waals surface area contributed by atoms with Crippen LogP contribution in [0.1, 0.15) is 74.5 Å². The van der Waals surface area contributed by atoms with Gasteiger partial charge in [-0.3, -0.25) is 0 Å². The van der Waals surface area contributed by atoms with E-state index in [2.05, 4.69) is 20.9 Å². The van der Waals surface area contributed by atoms with Gasteiger partial charge in [-0.05, 0) is 93.6 Å². The average molecular weight is 520 g/mol. The number of aromatic nitrogens is 1. The number of esters is 1. The van der Waals surface area contributed by atoms with Crippen LogP contribution in [0, 0.1) is 6.92 Å². The predicted molar refractivity (Wildman–Crippen MR) is 128 cm³/mol. The molecule has 0 radical (unpaired) electrons. The Morgan fingerprint density at radius 3 is 2.55 bits per heavy atom. The summed E-state index contributed by atoms with van der Waals surface area (Å²) >= 11 is 3.47. The van der Waals surface area contributed by atoms with Crippen molar-refractivity contribution >= 4 is 27.9 Å². The lowest BCUT2D eigenvalue weighted by Crippen LogP contribution is -2.31. The normalized spacial score (nSPS) is 14.4. The maximum absolute atomic E-state index is 13.2. The Hall–Kier alpha value is -2.45. The summed E-state index contributed by atoms with van der Waals surface area (Å²) in [4.78, 5) is 29.4. The Morgan fingerprint density at radius 1 is 1.24 bits per heavy atom. The fraction of sp³-hybridized carbons (Fsp3) is 0.480. The number of fused-ring (bicyclic) bond motifs is 1. The molecule has 2 heterocycles. The first-order valence-corrected chi connectivity index (χ1v) is 11.8. The highest BCUT2D eigenvalue weighted by Crippen LogP contribution is 2.42. The van der Waals surface area contributed by atoms with E-state index in [0.717, 1.165) is 29.7 Å². The number of carboxylic acids is 1. The third-order valence-corrected chi connectivity index (χ3v) is 5.84. The van der Waals surface area contributed by atoms with Crippen molar-refractivity contribution in [2.75, 3.05) is 6.61 Å². The van der Waals surface area contributed by atoms with Crippen molar-refractivity contribution in [3.63, 3.8) is 0 Å². The second-order valence-corrected chi connectivity index (χ2v) is 10.1. The molecule has 8 heteroatoms. The maximum atomic E-state index is 13.2. The van der Waals surface area contributed by atoms with Gasteiger partial charge in [0.25, 0.3) is 0 Å². The summed E-state index contributed by atoms with van der Waals surface area (Å²) in [7, 11) is 0. The number of carbonyl (C=O) groups excluding carboxylic acids is 1. The van der Waals surface area contributed by atoms with Gasteiger partial charge in [0.15, 0.2) is 11.8 Å². The van der Waals surface area contributed by atoms with Crippen molar-refractivity contribution in [2.24, 2.45) is 0 Å². The topological polar surface area (TPSA) is 95.0 Å². The Bertz CT molecular complexity index is 1070. The van der Waals surface area contributed by atoms with Gasteiger partial charge in [-0.25, -0.2) is 14.6 Å². The summed E-state index contributed by atoms with van der Waals surface area (Å²) in [6, 6.07) is 5.72. The number of pyridine rings is 1. The molecule has 7 nitrogen and oxygen atoms in total. The standard InChI is InChI=1S/C25H30BrNO6/c1-13(2)32-24(30)22(33-25(4,5)6)18-14(3)27-21(23(28)29)20(26)19(18)16-9-10-17-15(12-16)8-7-11-31-17/h9-10,12-13,22H,7-8,11H2,1-6H3,(H,28,29). The van der Waals surface area contributed by atoms with Crippen molar-refractivity contribution in [1.82, 2.24) is 4.98 Å². The van der Waals surface area contributed by atoms with Crippen LogP contribution < -0.4 is 4.74 Å². The summed E-state index contributed by atoms with van der Waals surface area (Å²) in [5.41, 5.74) is 2.37. The molecule has 3 rings (SSSR count). The Labute approximate surface area is 202 Å². The molecule has 1 unspecified atom stereocenters. The number of aromatic carboxylic acids is 1. The highest BCUT2D eigenvalue weighted by atomic mass is 79.9. The van der Waals surface area contributed by atoms with Crippen LogP contribution in [0.25, 0.3) is 11.1 Å². The van der Waals surface area contributed by atoms with Gasteiger partial charge in [0.05, 0.1) is 22.8 Å². The number of benzene rings is 1. The third kappa shape index (κ3) is 5.73. The molecule has 1 N–H and O–H groups in total. The minimum Gasteiger partial charge on any atom is -0.493 e. The number of rotatable bonds is 6. The van der Waals surface area contributed by atoms with Crippen molar-refractivity contribution in [3.05, 3.63) is 45.2 Å².